The van der Waals surface area contributed by atoms with Gasteiger partial charge in [0.05, 0.1) is 4.99 Å². The summed E-state index contributed by atoms with van der Waals surface area (Å²) in [5.74, 6) is 0. The fraction of sp³-hybridized carbons (Fsp3) is 0.889. The molecule has 0 unspecified atom stereocenters. The van der Waals surface area contributed by atoms with E-state index >= 15 is 0 Å². The molecule has 0 saturated carbocycles. The van der Waals surface area contributed by atoms with Gasteiger partial charge in [-0.15, -0.1) is 0 Å². The van der Waals surface area contributed by atoms with Crippen LogP contribution >= 0.6 is 12.2 Å². The molecule has 0 aliphatic heterocycles. The van der Waals surface area contributed by atoms with Gasteiger partial charge in [0.15, 0.2) is 0 Å². The van der Waals surface area contributed by atoms with Gasteiger partial charge >= 0.3 is 0 Å². The van der Waals surface area contributed by atoms with Crippen LogP contribution in [0.15, 0.2) is 0 Å². The second kappa shape index (κ2) is 7.24. The maximum absolute atomic E-state index is 5.41. The van der Waals surface area contributed by atoms with Gasteiger partial charge in [-0.05, 0) is 40.7 Å². The average Bonchev–Trinajstić information content (AvgIpc) is 2.00. The van der Waals surface area contributed by atoms with E-state index in [1.54, 1.807) is 0 Å². The summed E-state index contributed by atoms with van der Waals surface area (Å²) in [6, 6.07) is 0. The third-order valence-electron chi connectivity index (χ3n) is 1.89. The van der Waals surface area contributed by atoms with Gasteiger partial charge in [0, 0.05) is 13.0 Å². The average molecular weight is 203 g/mol. The molecule has 3 nitrogen and oxygen atoms in total. The Morgan fingerprint density at radius 3 is 2.23 bits per heavy atom. The highest BCUT2D eigenvalue weighted by Gasteiger charge is 1.99. The van der Waals surface area contributed by atoms with E-state index in [9.17, 15) is 0 Å². The van der Waals surface area contributed by atoms with E-state index in [0.29, 0.717) is 4.99 Å². The van der Waals surface area contributed by atoms with Crippen LogP contribution in [0.25, 0.3) is 0 Å². The molecule has 0 aliphatic carbocycles. The number of hydrogen-bond acceptors (Lipinski definition) is 3. The summed E-state index contributed by atoms with van der Waals surface area (Å²) >= 11 is 4.81. The zero-order valence-electron chi connectivity index (χ0n) is 8.92. The van der Waals surface area contributed by atoms with Crippen molar-refractivity contribution in [2.45, 2.75) is 12.8 Å². The lowest BCUT2D eigenvalue weighted by molar-refractivity contribution is 0.307. The van der Waals surface area contributed by atoms with E-state index in [1.165, 1.54) is 6.42 Å². The minimum Gasteiger partial charge on any atom is -0.393 e. The molecular formula is C9H21N3S. The summed E-state index contributed by atoms with van der Waals surface area (Å²) in [6.07, 6.45) is 2.02. The summed E-state index contributed by atoms with van der Waals surface area (Å²) in [5, 5.41) is 0. The lowest BCUT2D eigenvalue weighted by Crippen LogP contribution is -2.27. The molecule has 0 atom stereocenters. The normalized spacial score (nSPS) is 11.2. The Morgan fingerprint density at radius 1 is 1.15 bits per heavy atom. The molecule has 0 saturated heterocycles. The smallest absolute Gasteiger partial charge is 0.0740 e. The Balaban J connectivity index is 3.30. The van der Waals surface area contributed by atoms with Crippen molar-refractivity contribution >= 4 is 17.2 Å². The molecule has 0 heterocycles. The molecule has 0 radical (unpaired) electrons. The van der Waals surface area contributed by atoms with Crippen LogP contribution in [0.1, 0.15) is 12.8 Å². The predicted octanol–water partition coefficient (Wildman–Crippen LogP) is 0.546. The molecule has 78 valence electrons. The lowest BCUT2D eigenvalue weighted by atomic mass is 10.3. The van der Waals surface area contributed by atoms with Crippen molar-refractivity contribution in [1.82, 2.24) is 9.80 Å². The molecule has 0 bridgehead atoms. The molecule has 4 heteroatoms. The molecule has 0 fully saturated rings. The number of nitrogens with zero attached hydrogens (tertiary/aromatic N) is 2. The highest BCUT2D eigenvalue weighted by Crippen LogP contribution is 1.91. The van der Waals surface area contributed by atoms with Crippen molar-refractivity contribution in [1.29, 1.82) is 0 Å². The first-order chi connectivity index (χ1) is 6.02. The molecular weight excluding hydrogens is 182 g/mol. The van der Waals surface area contributed by atoms with Crippen molar-refractivity contribution in [3.05, 3.63) is 0 Å². The molecule has 13 heavy (non-hydrogen) atoms. The third-order valence-corrected chi connectivity index (χ3v) is 2.09. The number of nitrogens with two attached hydrogens (primary N) is 1. The first kappa shape index (κ1) is 12.8. The maximum Gasteiger partial charge on any atom is 0.0740 e. The van der Waals surface area contributed by atoms with Gasteiger partial charge in [-0.25, -0.2) is 0 Å². The summed E-state index contributed by atoms with van der Waals surface area (Å²) in [4.78, 5) is 5.07. The van der Waals surface area contributed by atoms with Gasteiger partial charge in [0.1, 0.15) is 0 Å². The Hall–Kier alpha value is -0.190. The third kappa shape index (κ3) is 9.73. The molecule has 2 N–H and O–H groups in total. The minimum atomic E-state index is 0.611. The first-order valence-corrected chi connectivity index (χ1v) is 5.04. The number of rotatable bonds is 7. The fourth-order valence-electron chi connectivity index (χ4n) is 1.07. The summed E-state index contributed by atoms with van der Waals surface area (Å²) in [6.45, 7) is 3.22. The van der Waals surface area contributed by atoms with E-state index in [1.807, 2.05) is 0 Å². The first-order valence-electron chi connectivity index (χ1n) is 4.64. The van der Waals surface area contributed by atoms with Crippen LogP contribution in [0.4, 0.5) is 0 Å². The second-order valence-corrected chi connectivity index (χ2v) is 4.20. The van der Waals surface area contributed by atoms with E-state index in [0.717, 1.165) is 26.1 Å². The topological polar surface area (TPSA) is 32.5 Å². The maximum atomic E-state index is 5.41. The molecule has 0 spiro atoms. The summed E-state index contributed by atoms with van der Waals surface area (Å²) in [7, 11) is 6.29. The van der Waals surface area contributed by atoms with Gasteiger partial charge in [-0.2, -0.15) is 0 Å². The largest absolute Gasteiger partial charge is 0.393 e. The van der Waals surface area contributed by atoms with Gasteiger partial charge < -0.3 is 15.5 Å². The zero-order chi connectivity index (χ0) is 10.3. The van der Waals surface area contributed by atoms with Crippen LogP contribution in [-0.4, -0.2) is 55.6 Å². The molecule has 0 aliphatic rings. The number of thiocarbonyl (C=S) groups is 1. The molecule has 0 aromatic heterocycles. The molecule has 0 aromatic carbocycles. The van der Waals surface area contributed by atoms with Gasteiger partial charge in [-0.3, -0.25) is 0 Å². The van der Waals surface area contributed by atoms with Crippen molar-refractivity contribution in [3.63, 3.8) is 0 Å². The molecule has 0 amide bonds. The van der Waals surface area contributed by atoms with E-state index < -0.39 is 0 Å². The number of hydrogen-bond donors (Lipinski definition) is 1. The van der Waals surface area contributed by atoms with E-state index in [4.69, 9.17) is 18.0 Å². The Labute approximate surface area is 86.9 Å². The SMILES string of the molecule is CN(C)CCCN(C)CCC(N)=S. The monoisotopic (exact) mass is 203 g/mol. The van der Waals surface area contributed by atoms with Gasteiger partial charge in [0.25, 0.3) is 0 Å². The Morgan fingerprint density at radius 2 is 1.77 bits per heavy atom. The van der Waals surface area contributed by atoms with Crippen LogP contribution in [0.5, 0.6) is 0 Å². The van der Waals surface area contributed by atoms with Crippen LogP contribution in [0, 0.1) is 0 Å². The van der Waals surface area contributed by atoms with Crippen molar-refractivity contribution in [2.24, 2.45) is 5.73 Å². The Kier molecular flexibility index (Phi) is 7.13. The highest BCUT2D eigenvalue weighted by molar-refractivity contribution is 7.80. The summed E-state index contributed by atoms with van der Waals surface area (Å²) < 4.78 is 0. The van der Waals surface area contributed by atoms with Crippen molar-refractivity contribution in [2.75, 3.05) is 40.8 Å². The molecule has 0 aromatic rings. The molecule has 0 rings (SSSR count). The summed E-state index contributed by atoms with van der Waals surface area (Å²) in [5.41, 5.74) is 5.41. The van der Waals surface area contributed by atoms with Crippen LogP contribution in [0.3, 0.4) is 0 Å². The second-order valence-electron chi connectivity index (χ2n) is 3.68. The zero-order valence-corrected chi connectivity index (χ0v) is 9.73. The van der Waals surface area contributed by atoms with Gasteiger partial charge in [-0.1, -0.05) is 12.2 Å². The minimum absolute atomic E-state index is 0.611. The van der Waals surface area contributed by atoms with E-state index in [2.05, 4.69) is 30.9 Å². The Bertz CT molecular complexity index is 148. The van der Waals surface area contributed by atoms with Gasteiger partial charge in [0.2, 0.25) is 0 Å². The van der Waals surface area contributed by atoms with E-state index in [-0.39, 0.29) is 0 Å². The quantitative estimate of drug-likeness (QED) is 0.612. The standard InChI is InChI=1S/C9H21N3S/c1-11(2)6-4-7-12(3)8-5-9(10)13/h4-8H2,1-3H3,(H2,10,13). The van der Waals surface area contributed by atoms with Crippen molar-refractivity contribution in [3.8, 4) is 0 Å². The predicted molar refractivity (Wildman–Crippen MR) is 62.1 cm³/mol. The van der Waals surface area contributed by atoms with Crippen LogP contribution in [-0.2, 0) is 0 Å². The van der Waals surface area contributed by atoms with Crippen LogP contribution < -0.4 is 5.73 Å². The fourth-order valence-corrected chi connectivity index (χ4v) is 1.16. The van der Waals surface area contributed by atoms with Crippen LogP contribution in [0.2, 0.25) is 0 Å². The lowest BCUT2D eigenvalue weighted by Gasteiger charge is -2.17. The van der Waals surface area contributed by atoms with Crippen molar-refractivity contribution < 1.29 is 0 Å². The highest BCUT2D eigenvalue weighted by atomic mass is 32.1.